The zero-order valence-corrected chi connectivity index (χ0v) is 17.4. The van der Waals surface area contributed by atoms with E-state index in [0.717, 1.165) is 45.2 Å². The van der Waals surface area contributed by atoms with Crippen molar-refractivity contribution in [3.05, 3.63) is 23.7 Å². The Bertz CT molecular complexity index is 592. The monoisotopic (exact) mass is 380 g/mol. The summed E-state index contributed by atoms with van der Waals surface area (Å²) in [6.45, 7) is 15.4. The SMILES string of the molecule is CCNC(=NCC(C)(O)c1ccc(C)o1)NCC(C(C)C)N1CCOCC1. The van der Waals surface area contributed by atoms with Gasteiger partial charge in [0.15, 0.2) is 5.96 Å². The second-order valence-corrected chi connectivity index (χ2v) is 7.72. The number of guanidine groups is 1. The van der Waals surface area contributed by atoms with Gasteiger partial charge in [-0.1, -0.05) is 13.8 Å². The van der Waals surface area contributed by atoms with Gasteiger partial charge in [-0.25, -0.2) is 4.99 Å². The Labute approximate surface area is 163 Å². The van der Waals surface area contributed by atoms with Crippen LogP contribution in [0.2, 0.25) is 0 Å². The maximum absolute atomic E-state index is 10.7. The van der Waals surface area contributed by atoms with Gasteiger partial charge in [-0.05, 0) is 38.8 Å². The lowest BCUT2D eigenvalue weighted by molar-refractivity contribution is 0.00749. The second kappa shape index (κ2) is 10.1. The van der Waals surface area contributed by atoms with Crippen molar-refractivity contribution in [2.45, 2.75) is 46.3 Å². The first kappa shape index (κ1) is 21.7. The molecule has 2 rings (SSSR count). The first-order valence-electron chi connectivity index (χ1n) is 9.96. The largest absolute Gasteiger partial charge is 0.463 e. The lowest BCUT2D eigenvalue weighted by atomic mass is 10.0. The maximum Gasteiger partial charge on any atom is 0.191 e. The Balaban J connectivity index is 1.99. The molecule has 3 N–H and O–H groups in total. The topological polar surface area (TPSA) is 82.3 Å². The molecule has 2 atom stereocenters. The van der Waals surface area contributed by atoms with E-state index in [0.29, 0.717) is 23.7 Å². The van der Waals surface area contributed by atoms with Gasteiger partial charge in [0, 0.05) is 32.2 Å². The smallest absolute Gasteiger partial charge is 0.191 e. The molecule has 0 aliphatic carbocycles. The third-order valence-corrected chi connectivity index (χ3v) is 4.92. The highest BCUT2D eigenvalue weighted by atomic mass is 16.5. The third kappa shape index (κ3) is 6.52. The Hall–Kier alpha value is -1.57. The van der Waals surface area contributed by atoms with Crippen molar-refractivity contribution in [2.24, 2.45) is 10.9 Å². The molecule has 27 heavy (non-hydrogen) atoms. The van der Waals surface area contributed by atoms with Crippen LogP contribution < -0.4 is 10.6 Å². The van der Waals surface area contributed by atoms with Gasteiger partial charge in [0.1, 0.15) is 17.1 Å². The lowest BCUT2D eigenvalue weighted by Gasteiger charge is -2.37. The molecule has 154 valence electrons. The summed E-state index contributed by atoms with van der Waals surface area (Å²) in [5, 5.41) is 17.4. The molecular formula is C20H36N4O3. The van der Waals surface area contributed by atoms with Crippen LogP contribution in [0.5, 0.6) is 0 Å². The van der Waals surface area contributed by atoms with Crippen molar-refractivity contribution < 1.29 is 14.3 Å². The zero-order chi connectivity index (χ0) is 19.9. The van der Waals surface area contributed by atoms with Crippen LogP contribution in [0.4, 0.5) is 0 Å². The lowest BCUT2D eigenvalue weighted by Crippen LogP contribution is -2.52. The van der Waals surface area contributed by atoms with E-state index >= 15 is 0 Å². The van der Waals surface area contributed by atoms with Crippen LogP contribution in [0.3, 0.4) is 0 Å². The molecule has 2 unspecified atom stereocenters. The number of aliphatic hydroxyl groups is 1. The molecule has 2 heterocycles. The number of aryl methyl sites for hydroxylation is 1. The fraction of sp³-hybridized carbons (Fsp3) is 0.750. The maximum atomic E-state index is 10.7. The molecule has 0 aromatic carbocycles. The van der Waals surface area contributed by atoms with Crippen molar-refractivity contribution >= 4 is 5.96 Å². The molecular weight excluding hydrogens is 344 g/mol. The first-order valence-corrected chi connectivity index (χ1v) is 9.96. The molecule has 0 amide bonds. The number of furan rings is 1. The highest BCUT2D eigenvalue weighted by molar-refractivity contribution is 5.79. The van der Waals surface area contributed by atoms with Crippen molar-refractivity contribution in [2.75, 3.05) is 45.9 Å². The average Bonchev–Trinajstić information content (AvgIpc) is 3.08. The molecule has 0 saturated carbocycles. The van der Waals surface area contributed by atoms with Gasteiger partial charge in [0.2, 0.25) is 0 Å². The molecule has 0 spiro atoms. The van der Waals surface area contributed by atoms with E-state index in [4.69, 9.17) is 9.15 Å². The summed E-state index contributed by atoms with van der Waals surface area (Å²) in [5.74, 6) is 2.55. The highest BCUT2D eigenvalue weighted by Crippen LogP contribution is 2.23. The minimum absolute atomic E-state index is 0.221. The van der Waals surface area contributed by atoms with Crippen molar-refractivity contribution in [1.82, 2.24) is 15.5 Å². The van der Waals surface area contributed by atoms with Gasteiger partial charge in [0.25, 0.3) is 0 Å². The number of hydrogen-bond donors (Lipinski definition) is 3. The van der Waals surface area contributed by atoms with Crippen LogP contribution in [0.25, 0.3) is 0 Å². The van der Waals surface area contributed by atoms with E-state index in [9.17, 15) is 5.11 Å². The molecule has 1 fully saturated rings. The quantitative estimate of drug-likeness (QED) is 0.470. The van der Waals surface area contributed by atoms with Crippen LogP contribution in [0.15, 0.2) is 21.5 Å². The number of aliphatic imine (C=N–C) groups is 1. The van der Waals surface area contributed by atoms with Crippen molar-refractivity contribution in [3.8, 4) is 0 Å². The molecule has 1 aliphatic heterocycles. The summed E-state index contributed by atoms with van der Waals surface area (Å²) >= 11 is 0. The molecule has 7 nitrogen and oxygen atoms in total. The average molecular weight is 381 g/mol. The van der Waals surface area contributed by atoms with Crippen LogP contribution in [0, 0.1) is 12.8 Å². The van der Waals surface area contributed by atoms with Crippen LogP contribution in [0.1, 0.15) is 39.2 Å². The predicted molar refractivity (Wildman–Crippen MR) is 108 cm³/mol. The van der Waals surface area contributed by atoms with Gasteiger partial charge >= 0.3 is 0 Å². The summed E-state index contributed by atoms with van der Waals surface area (Å²) in [6, 6.07) is 4.07. The van der Waals surface area contributed by atoms with Gasteiger partial charge in [-0.3, -0.25) is 4.90 Å². The van der Waals surface area contributed by atoms with Gasteiger partial charge in [-0.2, -0.15) is 0 Å². The fourth-order valence-corrected chi connectivity index (χ4v) is 3.27. The van der Waals surface area contributed by atoms with Crippen molar-refractivity contribution in [1.29, 1.82) is 0 Å². The van der Waals surface area contributed by atoms with Crippen LogP contribution >= 0.6 is 0 Å². The van der Waals surface area contributed by atoms with Crippen molar-refractivity contribution in [3.63, 3.8) is 0 Å². The fourth-order valence-electron chi connectivity index (χ4n) is 3.27. The number of rotatable bonds is 8. The number of morpholine rings is 1. The predicted octanol–water partition coefficient (Wildman–Crippen LogP) is 1.71. The van der Waals surface area contributed by atoms with E-state index in [1.54, 1.807) is 13.0 Å². The van der Waals surface area contributed by atoms with Crippen LogP contribution in [-0.4, -0.2) is 67.9 Å². The standard InChI is InChI=1S/C20H36N4O3/c1-6-21-19(23-14-20(5,25)18-8-7-16(4)27-18)22-13-17(15(2)3)24-9-11-26-12-10-24/h7-8,15,17,25H,6,9-14H2,1-5H3,(H2,21,22,23). The molecule has 1 aromatic rings. The number of nitrogens with zero attached hydrogens (tertiary/aromatic N) is 2. The summed E-state index contributed by atoms with van der Waals surface area (Å²) in [4.78, 5) is 7.07. The number of ether oxygens (including phenoxy) is 1. The molecule has 1 aliphatic rings. The Morgan fingerprint density at radius 2 is 2.00 bits per heavy atom. The normalized spacial score (nSPS) is 19.7. The zero-order valence-electron chi connectivity index (χ0n) is 17.4. The molecule has 1 saturated heterocycles. The molecule has 7 heteroatoms. The van der Waals surface area contributed by atoms with Crippen LogP contribution in [-0.2, 0) is 10.3 Å². The Kier molecular flexibility index (Phi) is 8.13. The van der Waals surface area contributed by atoms with E-state index in [1.807, 2.05) is 19.9 Å². The first-order chi connectivity index (χ1) is 12.8. The van der Waals surface area contributed by atoms with E-state index in [1.165, 1.54) is 0 Å². The number of hydrogen-bond acceptors (Lipinski definition) is 5. The van der Waals surface area contributed by atoms with E-state index in [2.05, 4.69) is 34.4 Å². The minimum atomic E-state index is -1.14. The third-order valence-electron chi connectivity index (χ3n) is 4.92. The van der Waals surface area contributed by atoms with Gasteiger partial charge < -0.3 is 24.9 Å². The van der Waals surface area contributed by atoms with Gasteiger partial charge in [0.05, 0.1) is 19.8 Å². The summed E-state index contributed by atoms with van der Waals surface area (Å²) in [6.07, 6.45) is 0. The Morgan fingerprint density at radius 1 is 1.30 bits per heavy atom. The summed E-state index contributed by atoms with van der Waals surface area (Å²) in [5.41, 5.74) is -1.14. The summed E-state index contributed by atoms with van der Waals surface area (Å²) < 4.78 is 11.0. The second-order valence-electron chi connectivity index (χ2n) is 7.72. The van der Waals surface area contributed by atoms with E-state index < -0.39 is 5.60 Å². The van der Waals surface area contributed by atoms with E-state index in [-0.39, 0.29) is 6.54 Å². The molecule has 0 bridgehead atoms. The summed E-state index contributed by atoms with van der Waals surface area (Å²) in [7, 11) is 0. The number of nitrogens with one attached hydrogen (secondary N) is 2. The minimum Gasteiger partial charge on any atom is -0.463 e. The molecule has 0 radical (unpaired) electrons. The molecule has 1 aromatic heterocycles. The Morgan fingerprint density at radius 3 is 2.56 bits per heavy atom. The highest BCUT2D eigenvalue weighted by Gasteiger charge is 2.27. The van der Waals surface area contributed by atoms with Gasteiger partial charge in [-0.15, -0.1) is 0 Å².